The van der Waals surface area contributed by atoms with Crippen LogP contribution in [0.25, 0.3) is 5.70 Å². The number of nitrogens with zero attached hydrogens (tertiary/aromatic N) is 2. The topological polar surface area (TPSA) is 95.1 Å². The summed E-state index contributed by atoms with van der Waals surface area (Å²) in [7, 11) is 3.68. The lowest BCUT2D eigenvalue weighted by atomic mass is 10.1. The summed E-state index contributed by atoms with van der Waals surface area (Å²) in [5.41, 5.74) is 2.15. The lowest BCUT2D eigenvalue weighted by molar-refractivity contribution is -0.120. The maximum atomic E-state index is 14.8. The average Bonchev–Trinajstić information content (AvgIpc) is 2.96. The first-order valence-corrected chi connectivity index (χ1v) is 14.5. The van der Waals surface area contributed by atoms with Crippen LogP contribution in [-0.4, -0.2) is 69.6 Å². The first kappa shape index (κ1) is 37.3. The zero-order chi connectivity index (χ0) is 32.3. The lowest BCUT2D eigenvalue weighted by Gasteiger charge is -2.28. The Balaban J connectivity index is 0.000000586. The van der Waals surface area contributed by atoms with Crippen LogP contribution in [0.2, 0.25) is 0 Å². The Labute approximate surface area is 253 Å². The van der Waals surface area contributed by atoms with E-state index in [1.807, 2.05) is 11.9 Å². The van der Waals surface area contributed by atoms with Gasteiger partial charge in [0.1, 0.15) is 24.5 Å². The van der Waals surface area contributed by atoms with Gasteiger partial charge in [-0.05, 0) is 45.3 Å². The van der Waals surface area contributed by atoms with E-state index in [2.05, 4.69) is 41.4 Å². The Morgan fingerprint density at radius 2 is 1.67 bits per heavy atom. The molecule has 11 heteroatoms. The number of unbranched alkanes of at least 4 members (excludes halogenated alkanes) is 1. The highest BCUT2D eigenvalue weighted by Gasteiger charge is 2.32. The number of aliphatic imine (C=N–C) groups is 1. The Morgan fingerprint density at radius 3 is 2.16 bits per heavy atom. The second-order valence-corrected chi connectivity index (χ2v) is 9.90. The molecule has 0 aliphatic carbocycles. The number of rotatable bonds is 12. The normalized spacial score (nSPS) is 14.0. The average molecular weight is 606 g/mol. The fraction of sp³-hybridized carbons (Fsp3) is 0.469. The van der Waals surface area contributed by atoms with Crippen molar-refractivity contribution < 1.29 is 27.5 Å². The molecule has 1 fully saturated rings. The lowest BCUT2D eigenvalue weighted by Crippen LogP contribution is -2.36. The molecule has 3 N–H and O–H groups in total. The molecular formula is C32H46F3N5O3. The second kappa shape index (κ2) is 20.2. The highest BCUT2D eigenvalue weighted by molar-refractivity contribution is 5.98. The van der Waals surface area contributed by atoms with Crippen molar-refractivity contribution in [2.75, 3.05) is 51.0 Å². The molecule has 1 saturated heterocycles. The predicted molar refractivity (Wildman–Crippen MR) is 170 cm³/mol. The van der Waals surface area contributed by atoms with Crippen LogP contribution < -0.4 is 20.7 Å². The molecule has 238 valence electrons. The van der Waals surface area contributed by atoms with Crippen LogP contribution in [0.15, 0.2) is 48.0 Å². The number of carbonyl (C=O) groups is 2. The smallest absolute Gasteiger partial charge is 0.250 e. The molecule has 0 aromatic heterocycles. The molecule has 3 rings (SSSR count). The number of benzene rings is 2. The number of likely N-dealkylation sites (N-methyl/N-ethyl adjacent to an activating group) is 1. The van der Waals surface area contributed by atoms with Crippen molar-refractivity contribution in [3.63, 3.8) is 0 Å². The van der Waals surface area contributed by atoms with Crippen LogP contribution in [-0.2, 0) is 9.59 Å². The standard InChI is InChI=1S/C22H25FN4O3.C6H11F2N.C4H10/c1-4-25-20-14-18(30-12-10-24-3)13-19(23)22(20)15(2)26-16-5-7-17(8-6-16)27-21(29)9-11-28;1-9-4-2-6(7,8)3-5-9;1-3-4-2/h4-8,11,13-14,24,26H,2,9-10,12H2,1,3H3,(H,27,29);2-5H2,1H3;3-4H2,1-2H3. The number of hydrogen-bond donors (Lipinski definition) is 3. The van der Waals surface area contributed by atoms with Gasteiger partial charge in [-0.1, -0.05) is 33.3 Å². The fourth-order valence-corrected chi connectivity index (χ4v) is 3.57. The van der Waals surface area contributed by atoms with Crippen molar-refractivity contribution in [3.8, 4) is 5.75 Å². The first-order valence-electron chi connectivity index (χ1n) is 14.5. The van der Waals surface area contributed by atoms with Gasteiger partial charge in [-0.15, -0.1) is 0 Å². The van der Waals surface area contributed by atoms with E-state index in [1.165, 1.54) is 18.9 Å². The van der Waals surface area contributed by atoms with E-state index in [4.69, 9.17) is 4.74 Å². The van der Waals surface area contributed by atoms with Gasteiger partial charge in [0.05, 0.1) is 17.7 Å². The van der Waals surface area contributed by atoms with E-state index < -0.39 is 17.6 Å². The Morgan fingerprint density at radius 1 is 1.09 bits per heavy atom. The third-order valence-electron chi connectivity index (χ3n) is 6.18. The monoisotopic (exact) mass is 605 g/mol. The van der Waals surface area contributed by atoms with Gasteiger partial charge < -0.3 is 30.4 Å². The SMILES string of the molecule is C=C(Nc1ccc(NC(=O)CC=O)cc1)c1c(F)cc(OCCNC)cc1N=CC.CCCC.CN1CCC(F)(F)CC1. The van der Waals surface area contributed by atoms with Crippen molar-refractivity contribution in [2.24, 2.45) is 4.99 Å². The number of anilines is 2. The summed E-state index contributed by atoms with van der Waals surface area (Å²) in [4.78, 5) is 28.0. The van der Waals surface area contributed by atoms with Gasteiger partial charge in [0.2, 0.25) is 5.91 Å². The molecular weight excluding hydrogens is 559 g/mol. The molecule has 1 heterocycles. The summed E-state index contributed by atoms with van der Waals surface area (Å²) in [5, 5.41) is 8.61. The highest BCUT2D eigenvalue weighted by atomic mass is 19.3. The molecule has 1 amide bonds. The number of ether oxygens (including phenoxy) is 1. The minimum Gasteiger partial charge on any atom is -0.492 e. The summed E-state index contributed by atoms with van der Waals surface area (Å²) < 4.78 is 45.1. The van der Waals surface area contributed by atoms with Crippen LogP contribution in [0.1, 0.15) is 58.4 Å². The maximum absolute atomic E-state index is 14.8. The molecule has 43 heavy (non-hydrogen) atoms. The summed E-state index contributed by atoms with van der Waals surface area (Å²) in [6.45, 7) is 12.1. The van der Waals surface area contributed by atoms with E-state index >= 15 is 0 Å². The first-order chi connectivity index (χ1) is 20.5. The summed E-state index contributed by atoms with van der Waals surface area (Å²) in [6.07, 6.45) is 4.61. The fourth-order valence-electron chi connectivity index (χ4n) is 3.57. The molecule has 8 nitrogen and oxygen atoms in total. The summed E-state index contributed by atoms with van der Waals surface area (Å²) in [5.74, 6) is -2.90. The van der Waals surface area contributed by atoms with E-state index in [1.54, 1.807) is 50.5 Å². The number of nitrogens with one attached hydrogen (secondary N) is 3. The summed E-state index contributed by atoms with van der Waals surface area (Å²) >= 11 is 0. The second-order valence-electron chi connectivity index (χ2n) is 9.90. The molecule has 2 aromatic rings. The Kier molecular flexibility index (Phi) is 17.6. The van der Waals surface area contributed by atoms with E-state index in [0.29, 0.717) is 61.0 Å². The van der Waals surface area contributed by atoms with Crippen molar-refractivity contribution in [2.45, 2.75) is 58.8 Å². The Bertz CT molecular complexity index is 1160. The van der Waals surface area contributed by atoms with Gasteiger partial charge in [0.25, 0.3) is 5.92 Å². The molecule has 1 aliphatic heterocycles. The van der Waals surface area contributed by atoms with Crippen molar-refractivity contribution in [1.82, 2.24) is 10.2 Å². The van der Waals surface area contributed by atoms with Crippen LogP contribution >= 0.6 is 0 Å². The third-order valence-corrected chi connectivity index (χ3v) is 6.18. The molecule has 1 aliphatic rings. The number of carbonyl (C=O) groups excluding carboxylic acids is 2. The van der Waals surface area contributed by atoms with Crippen LogP contribution in [0.5, 0.6) is 5.75 Å². The molecule has 0 bridgehead atoms. The minimum atomic E-state index is -2.38. The van der Waals surface area contributed by atoms with E-state index in [-0.39, 0.29) is 24.8 Å². The predicted octanol–water partition coefficient (Wildman–Crippen LogP) is 6.91. The van der Waals surface area contributed by atoms with Crippen LogP contribution in [0.4, 0.5) is 30.2 Å². The van der Waals surface area contributed by atoms with E-state index in [0.717, 1.165) is 0 Å². The number of piperidine rings is 1. The minimum absolute atomic E-state index is 0.0312. The number of likely N-dealkylation sites (tertiary alicyclic amines) is 1. The van der Waals surface area contributed by atoms with Crippen molar-refractivity contribution in [1.29, 1.82) is 0 Å². The van der Waals surface area contributed by atoms with Gasteiger partial charge >= 0.3 is 0 Å². The molecule has 0 spiro atoms. The van der Waals surface area contributed by atoms with Gasteiger partial charge in [0.15, 0.2) is 0 Å². The molecule has 0 unspecified atom stereocenters. The number of halogens is 3. The number of amides is 1. The number of alkyl halides is 2. The van der Waals surface area contributed by atoms with Gasteiger partial charge in [-0.3, -0.25) is 9.79 Å². The number of hydrogen-bond acceptors (Lipinski definition) is 7. The summed E-state index contributed by atoms with van der Waals surface area (Å²) in [6, 6.07) is 9.71. The quantitative estimate of drug-likeness (QED) is 0.105. The molecule has 2 aromatic carbocycles. The van der Waals surface area contributed by atoms with Crippen molar-refractivity contribution >= 4 is 41.2 Å². The molecule has 0 atom stereocenters. The molecule has 0 saturated carbocycles. The van der Waals surface area contributed by atoms with Crippen LogP contribution in [0.3, 0.4) is 0 Å². The van der Waals surface area contributed by atoms with Crippen LogP contribution in [0, 0.1) is 5.82 Å². The van der Waals surface area contributed by atoms with Crippen molar-refractivity contribution in [3.05, 3.63) is 54.4 Å². The van der Waals surface area contributed by atoms with E-state index in [9.17, 15) is 22.8 Å². The third kappa shape index (κ3) is 14.8. The van der Waals surface area contributed by atoms with Gasteiger partial charge in [0, 0.05) is 67.9 Å². The Hall–Kier alpha value is -3.70. The zero-order valence-electron chi connectivity index (χ0n) is 25.9. The van der Waals surface area contributed by atoms with Gasteiger partial charge in [-0.25, -0.2) is 13.2 Å². The largest absolute Gasteiger partial charge is 0.492 e. The molecule has 0 radical (unpaired) electrons. The number of aldehydes is 1. The highest BCUT2D eigenvalue weighted by Crippen LogP contribution is 2.33. The zero-order valence-corrected chi connectivity index (χ0v) is 25.9. The maximum Gasteiger partial charge on any atom is 0.250 e. The van der Waals surface area contributed by atoms with Gasteiger partial charge in [-0.2, -0.15) is 0 Å².